The molecule has 5 heteroatoms. The maximum absolute atomic E-state index is 12.9. The van der Waals surface area contributed by atoms with Crippen molar-refractivity contribution in [3.05, 3.63) is 40.1 Å². The van der Waals surface area contributed by atoms with E-state index in [0.717, 1.165) is 10.7 Å². The lowest BCUT2D eigenvalue weighted by molar-refractivity contribution is 0.306. The Hall–Kier alpha value is -1.62. The summed E-state index contributed by atoms with van der Waals surface area (Å²) in [6, 6.07) is 4.11. The van der Waals surface area contributed by atoms with Crippen molar-refractivity contribution in [2.24, 2.45) is 0 Å². The Morgan fingerprint density at radius 1 is 1.37 bits per heavy atom. The zero-order valence-corrected chi connectivity index (χ0v) is 12.1. The Labute approximate surface area is 116 Å². The average Bonchev–Trinajstić information content (AvgIpc) is 2.76. The van der Waals surface area contributed by atoms with E-state index in [0.29, 0.717) is 18.0 Å². The van der Waals surface area contributed by atoms with Gasteiger partial charge in [-0.15, -0.1) is 11.3 Å². The summed E-state index contributed by atoms with van der Waals surface area (Å²) in [7, 11) is 0. The smallest absolute Gasteiger partial charge is 0.143 e. The van der Waals surface area contributed by atoms with Gasteiger partial charge in [-0.25, -0.2) is 9.37 Å². The van der Waals surface area contributed by atoms with Crippen LogP contribution in [-0.2, 0) is 12.0 Å². The first kappa shape index (κ1) is 13.8. The molecular formula is C14H17FN2OS. The largest absolute Gasteiger partial charge is 0.484 e. The molecule has 0 atom stereocenters. The fourth-order valence-corrected chi connectivity index (χ4v) is 2.44. The van der Waals surface area contributed by atoms with Crippen molar-refractivity contribution in [3.8, 4) is 5.75 Å². The second-order valence-electron chi connectivity index (χ2n) is 5.35. The molecule has 0 saturated carbocycles. The predicted octanol–water partition coefficient (Wildman–Crippen LogP) is 3.74. The Bertz CT molecular complexity index is 575. The normalized spacial score (nSPS) is 11.6. The monoisotopic (exact) mass is 280 g/mol. The highest BCUT2D eigenvalue weighted by atomic mass is 32.1. The Morgan fingerprint density at radius 3 is 2.68 bits per heavy atom. The first-order chi connectivity index (χ1) is 8.86. The standard InChI is InChI=1S/C14H17FN2OS/c1-14(2,3)12-8-19-13(17-12)7-18-11-5-4-9(15)6-10(11)16/h4-6,8H,7,16H2,1-3H3. The van der Waals surface area contributed by atoms with E-state index in [4.69, 9.17) is 10.5 Å². The van der Waals surface area contributed by atoms with Crippen LogP contribution in [0.15, 0.2) is 23.6 Å². The summed E-state index contributed by atoms with van der Waals surface area (Å²) in [5.74, 6) is 0.114. The molecule has 0 aliphatic heterocycles. The van der Waals surface area contributed by atoms with Gasteiger partial charge in [-0.05, 0) is 12.1 Å². The highest BCUT2D eigenvalue weighted by molar-refractivity contribution is 7.09. The fourth-order valence-electron chi connectivity index (χ4n) is 1.51. The minimum absolute atomic E-state index is 0.0314. The van der Waals surface area contributed by atoms with Gasteiger partial charge in [0.25, 0.3) is 0 Å². The summed E-state index contributed by atoms with van der Waals surface area (Å²) in [6.07, 6.45) is 0. The first-order valence-electron chi connectivity index (χ1n) is 5.99. The number of benzene rings is 1. The molecule has 2 rings (SSSR count). The number of anilines is 1. The van der Waals surface area contributed by atoms with Crippen LogP contribution >= 0.6 is 11.3 Å². The molecule has 102 valence electrons. The summed E-state index contributed by atoms with van der Waals surface area (Å²) < 4.78 is 18.5. The third-order valence-electron chi connectivity index (χ3n) is 2.64. The van der Waals surface area contributed by atoms with Gasteiger partial charge in [0.2, 0.25) is 0 Å². The lowest BCUT2D eigenvalue weighted by Gasteiger charge is -2.14. The van der Waals surface area contributed by atoms with Crippen molar-refractivity contribution in [2.45, 2.75) is 32.8 Å². The molecule has 0 aliphatic rings. The molecule has 0 unspecified atom stereocenters. The number of halogens is 1. The molecule has 1 aromatic heterocycles. The highest BCUT2D eigenvalue weighted by Gasteiger charge is 2.17. The molecule has 1 aromatic carbocycles. The molecule has 0 aliphatic carbocycles. The zero-order valence-electron chi connectivity index (χ0n) is 11.2. The molecular weight excluding hydrogens is 263 g/mol. The van der Waals surface area contributed by atoms with E-state index in [1.807, 2.05) is 5.38 Å². The number of hydrogen-bond acceptors (Lipinski definition) is 4. The second-order valence-corrected chi connectivity index (χ2v) is 6.29. The summed E-state index contributed by atoms with van der Waals surface area (Å²) in [4.78, 5) is 4.52. The van der Waals surface area contributed by atoms with Crippen LogP contribution in [0, 0.1) is 5.82 Å². The molecule has 0 fully saturated rings. The van der Waals surface area contributed by atoms with E-state index in [-0.39, 0.29) is 11.2 Å². The number of nitrogens with two attached hydrogens (primary N) is 1. The van der Waals surface area contributed by atoms with Crippen molar-refractivity contribution in [1.82, 2.24) is 4.98 Å². The molecule has 3 nitrogen and oxygen atoms in total. The fraction of sp³-hybridized carbons (Fsp3) is 0.357. The molecule has 2 N–H and O–H groups in total. The Morgan fingerprint density at radius 2 is 2.11 bits per heavy atom. The van der Waals surface area contributed by atoms with Crippen LogP contribution in [0.25, 0.3) is 0 Å². The molecule has 0 amide bonds. The molecule has 0 spiro atoms. The third-order valence-corrected chi connectivity index (χ3v) is 3.47. The van der Waals surface area contributed by atoms with Gasteiger partial charge in [-0.2, -0.15) is 0 Å². The van der Waals surface area contributed by atoms with Gasteiger partial charge in [-0.1, -0.05) is 20.8 Å². The van der Waals surface area contributed by atoms with Gasteiger partial charge in [-0.3, -0.25) is 0 Å². The van der Waals surface area contributed by atoms with E-state index in [1.165, 1.54) is 18.2 Å². The summed E-state index contributed by atoms with van der Waals surface area (Å²) in [5, 5.41) is 2.92. The summed E-state index contributed by atoms with van der Waals surface area (Å²) >= 11 is 1.55. The van der Waals surface area contributed by atoms with Gasteiger partial charge in [0.05, 0.1) is 11.4 Å². The number of ether oxygens (including phenoxy) is 1. The summed E-state index contributed by atoms with van der Waals surface area (Å²) in [6.45, 7) is 6.69. The minimum Gasteiger partial charge on any atom is -0.484 e. The Balaban J connectivity index is 2.04. The maximum atomic E-state index is 12.9. The quantitative estimate of drug-likeness (QED) is 0.871. The predicted molar refractivity (Wildman–Crippen MR) is 76.0 cm³/mol. The first-order valence-corrected chi connectivity index (χ1v) is 6.87. The lowest BCUT2D eigenvalue weighted by Crippen LogP contribution is -2.11. The van der Waals surface area contributed by atoms with E-state index >= 15 is 0 Å². The maximum Gasteiger partial charge on any atom is 0.143 e. The minimum atomic E-state index is -0.367. The van der Waals surface area contributed by atoms with Crippen LogP contribution in [0.3, 0.4) is 0 Å². The third kappa shape index (κ3) is 3.44. The number of hydrogen-bond donors (Lipinski definition) is 1. The number of nitrogens with zero attached hydrogens (tertiary/aromatic N) is 1. The number of thiazole rings is 1. The van der Waals surface area contributed by atoms with Crippen molar-refractivity contribution >= 4 is 17.0 Å². The van der Waals surface area contributed by atoms with Gasteiger partial charge in [0.15, 0.2) is 0 Å². The van der Waals surface area contributed by atoms with Crippen molar-refractivity contribution in [3.63, 3.8) is 0 Å². The summed E-state index contributed by atoms with van der Waals surface area (Å²) in [5.41, 5.74) is 7.05. The molecule has 0 bridgehead atoms. The molecule has 1 heterocycles. The molecule has 2 aromatic rings. The van der Waals surface area contributed by atoms with E-state index in [1.54, 1.807) is 11.3 Å². The van der Waals surface area contributed by atoms with Crippen LogP contribution < -0.4 is 10.5 Å². The van der Waals surface area contributed by atoms with Crippen molar-refractivity contribution in [1.29, 1.82) is 0 Å². The van der Waals surface area contributed by atoms with E-state index in [2.05, 4.69) is 25.8 Å². The van der Waals surface area contributed by atoms with Crippen LogP contribution in [0.1, 0.15) is 31.5 Å². The van der Waals surface area contributed by atoms with Crippen LogP contribution in [0.5, 0.6) is 5.75 Å². The average molecular weight is 280 g/mol. The number of nitrogen functional groups attached to an aromatic ring is 1. The van der Waals surface area contributed by atoms with Gasteiger partial charge >= 0.3 is 0 Å². The SMILES string of the molecule is CC(C)(C)c1csc(COc2ccc(F)cc2N)n1. The number of rotatable bonds is 3. The van der Waals surface area contributed by atoms with Gasteiger partial charge in [0, 0.05) is 16.9 Å². The van der Waals surface area contributed by atoms with Gasteiger partial charge in [0.1, 0.15) is 23.2 Å². The van der Waals surface area contributed by atoms with Gasteiger partial charge < -0.3 is 10.5 Å². The molecule has 0 radical (unpaired) electrons. The molecule has 0 saturated heterocycles. The van der Waals surface area contributed by atoms with Crippen molar-refractivity contribution < 1.29 is 9.13 Å². The van der Waals surface area contributed by atoms with E-state index < -0.39 is 0 Å². The lowest BCUT2D eigenvalue weighted by atomic mass is 9.93. The Kier molecular flexibility index (Phi) is 3.75. The van der Waals surface area contributed by atoms with Crippen molar-refractivity contribution in [2.75, 3.05) is 5.73 Å². The number of aromatic nitrogens is 1. The van der Waals surface area contributed by atoms with Crippen LogP contribution in [-0.4, -0.2) is 4.98 Å². The topological polar surface area (TPSA) is 48.1 Å². The van der Waals surface area contributed by atoms with Crippen LogP contribution in [0.4, 0.5) is 10.1 Å². The van der Waals surface area contributed by atoms with Crippen LogP contribution in [0.2, 0.25) is 0 Å². The van der Waals surface area contributed by atoms with E-state index in [9.17, 15) is 4.39 Å². The highest BCUT2D eigenvalue weighted by Crippen LogP contribution is 2.26. The molecule has 19 heavy (non-hydrogen) atoms. The zero-order chi connectivity index (χ0) is 14.0. The second kappa shape index (κ2) is 5.17.